The number of nitrogens with zero attached hydrogens (tertiary/aromatic N) is 1. The molecule has 0 heterocycles. The molecule has 33 heavy (non-hydrogen) atoms. The Morgan fingerprint density at radius 3 is 2.24 bits per heavy atom. The van der Waals surface area contributed by atoms with Crippen LogP contribution < -0.4 is 10.1 Å². The maximum atomic E-state index is 13.7. The number of aryl methyl sites for hydroxylation is 3. The molecule has 3 rings (SSSR count). The molecule has 0 fully saturated rings. The molecule has 0 aromatic heterocycles. The summed E-state index contributed by atoms with van der Waals surface area (Å²) in [5, 5.41) is 3.31. The number of nitrogens with one attached hydrogen (secondary N) is 1. The van der Waals surface area contributed by atoms with Gasteiger partial charge in [0.1, 0.15) is 5.75 Å². The number of sulfonamides is 1. The van der Waals surface area contributed by atoms with E-state index in [1.165, 1.54) is 11.4 Å². The van der Waals surface area contributed by atoms with Crippen LogP contribution in [0.4, 0.5) is 5.69 Å². The highest BCUT2D eigenvalue weighted by Gasteiger charge is 2.30. The third-order valence-corrected chi connectivity index (χ3v) is 7.50. The molecule has 0 aliphatic rings. The number of benzene rings is 3. The topological polar surface area (TPSA) is 75.7 Å². The van der Waals surface area contributed by atoms with Gasteiger partial charge in [-0.1, -0.05) is 47.5 Å². The van der Waals surface area contributed by atoms with Gasteiger partial charge in [-0.05, 0) is 61.7 Å². The number of hydrogen-bond donors (Lipinski definition) is 1. The van der Waals surface area contributed by atoms with Crippen molar-refractivity contribution in [1.29, 1.82) is 0 Å². The molecular formula is C25H27ClN2O4S. The number of carbonyl (C=O) groups is 1. The lowest BCUT2D eigenvalue weighted by Gasteiger charge is -2.24. The fourth-order valence-electron chi connectivity index (χ4n) is 3.78. The fourth-order valence-corrected chi connectivity index (χ4v) is 5.71. The van der Waals surface area contributed by atoms with Gasteiger partial charge in [0.15, 0.2) is 0 Å². The molecule has 0 aliphatic carbocycles. The van der Waals surface area contributed by atoms with Crippen molar-refractivity contribution in [3.63, 3.8) is 0 Å². The van der Waals surface area contributed by atoms with Crippen LogP contribution in [0.5, 0.6) is 5.75 Å². The van der Waals surface area contributed by atoms with Gasteiger partial charge >= 0.3 is 0 Å². The van der Waals surface area contributed by atoms with Crippen LogP contribution in [-0.4, -0.2) is 32.3 Å². The molecule has 174 valence electrons. The minimum atomic E-state index is -3.97. The third-order valence-electron chi connectivity index (χ3n) is 5.15. The lowest BCUT2D eigenvalue weighted by atomic mass is 10.1. The van der Waals surface area contributed by atoms with Crippen LogP contribution in [0.1, 0.15) is 22.3 Å². The Labute approximate surface area is 200 Å². The Hall–Kier alpha value is -2.87. The van der Waals surface area contributed by atoms with Gasteiger partial charge in [-0.15, -0.1) is 0 Å². The van der Waals surface area contributed by atoms with E-state index in [9.17, 15) is 13.2 Å². The fraction of sp³-hybridized carbons (Fsp3) is 0.240. The van der Waals surface area contributed by atoms with E-state index < -0.39 is 15.9 Å². The number of carbonyl (C=O) groups excluding carboxylic acids is 1. The zero-order chi connectivity index (χ0) is 24.2. The van der Waals surface area contributed by atoms with Gasteiger partial charge in [0.2, 0.25) is 15.9 Å². The second kappa shape index (κ2) is 10.4. The average molecular weight is 487 g/mol. The van der Waals surface area contributed by atoms with Crippen LogP contribution in [0.2, 0.25) is 5.02 Å². The maximum Gasteiger partial charge on any atom is 0.244 e. The summed E-state index contributed by atoms with van der Waals surface area (Å²) in [6.45, 7) is 5.13. The Morgan fingerprint density at radius 2 is 1.64 bits per heavy atom. The van der Waals surface area contributed by atoms with E-state index in [1.807, 2.05) is 19.1 Å². The minimum Gasteiger partial charge on any atom is -0.497 e. The zero-order valence-corrected chi connectivity index (χ0v) is 20.6. The summed E-state index contributed by atoms with van der Waals surface area (Å²) < 4.78 is 33.9. The molecule has 0 aliphatic heterocycles. The van der Waals surface area contributed by atoms with Gasteiger partial charge in [-0.25, -0.2) is 8.42 Å². The SMILES string of the molecule is COc1cccc(NC(=O)CN(Cc2ccc(Cl)cc2)S(=O)(=O)c2c(C)cc(C)cc2C)c1. The molecule has 0 radical (unpaired) electrons. The number of halogens is 1. The van der Waals surface area contributed by atoms with Crippen LogP contribution in [0.3, 0.4) is 0 Å². The zero-order valence-electron chi connectivity index (χ0n) is 19.1. The molecule has 6 nitrogen and oxygen atoms in total. The smallest absolute Gasteiger partial charge is 0.244 e. The molecule has 1 N–H and O–H groups in total. The van der Waals surface area contributed by atoms with E-state index in [2.05, 4.69) is 5.32 Å². The predicted molar refractivity (Wildman–Crippen MR) is 131 cm³/mol. The summed E-state index contributed by atoms with van der Waals surface area (Å²) in [5.74, 6) is 0.132. The molecule has 1 amide bonds. The molecule has 0 saturated heterocycles. The van der Waals surface area contributed by atoms with Crippen LogP contribution >= 0.6 is 11.6 Å². The molecule has 0 bridgehead atoms. The highest BCUT2D eigenvalue weighted by molar-refractivity contribution is 7.89. The predicted octanol–water partition coefficient (Wildman–Crippen LogP) is 5.10. The van der Waals surface area contributed by atoms with Gasteiger partial charge in [0.25, 0.3) is 0 Å². The first kappa shape index (κ1) is 24.8. The van der Waals surface area contributed by atoms with Crippen molar-refractivity contribution in [2.45, 2.75) is 32.2 Å². The highest BCUT2D eigenvalue weighted by Crippen LogP contribution is 2.27. The maximum absolute atomic E-state index is 13.7. The van der Waals surface area contributed by atoms with E-state index in [1.54, 1.807) is 62.4 Å². The van der Waals surface area contributed by atoms with Crippen molar-refractivity contribution >= 4 is 33.2 Å². The Balaban J connectivity index is 1.95. The van der Waals surface area contributed by atoms with E-state index in [-0.39, 0.29) is 18.0 Å². The van der Waals surface area contributed by atoms with Crippen LogP contribution in [-0.2, 0) is 21.4 Å². The van der Waals surface area contributed by atoms with Crippen LogP contribution in [0.25, 0.3) is 0 Å². The number of amides is 1. The second-order valence-corrected chi connectivity index (χ2v) is 10.2. The largest absolute Gasteiger partial charge is 0.497 e. The molecule has 0 unspecified atom stereocenters. The van der Waals surface area contributed by atoms with Gasteiger partial charge in [0.05, 0.1) is 18.6 Å². The summed E-state index contributed by atoms with van der Waals surface area (Å²) >= 11 is 5.98. The molecule has 3 aromatic rings. The van der Waals surface area contributed by atoms with Crippen molar-refractivity contribution in [3.8, 4) is 5.75 Å². The summed E-state index contributed by atoms with van der Waals surface area (Å²) in [5.41, 5.74) is 3.50. The molecule has 0 saturated carbocycles. The van der Waals surface area contributed by atoms with E-state index in [0.29, 0.717) is 27.6 Å². The third kappa shape index (κ3) is 6.13. The number of ether oxygens (including phenoxy) is 1. The number of anilines is 1. The Bertz CT molecular complexity index is 1230. The van der Waals surface area contributed by atoms with Gasteiger partial charge in [0, 0.05) is 23.3 Å². The Morgan fingerprint density at radius 1 is 1.00 bits per heavy atom. The standard InChI is InChI=1S/C25H27ClN2O4S/c1-17-12-18(2)25(19(3)13-17)33(30,31)28(15-20-8-10-21(26)11-9-20)16-24(29)27-22-6-5-7-23(14-22)32-4/h5-14H,15-16H2,1-4H3,(H,27,29). The molecule has 0 atom stereocenters. The average Bonchev–Trinajstić information content (AvgIpc) is 2.74. The summed E-state index contributed by atoms with van der Waals surface area (Å²) in [4.78, 5) is 13.1. The van der Waals surface area contributed by atoms with Gasteiger partial charge in [-0.2, -0.15) is 4.31 Å². The summed E-state index contributed by atoms with van der Waals surface area (Å²) in [7, 11) is -2.44. The Kier molecular flexibility index (Phi) is 7.79. The van der Waals surface area contributed by atoms with Crippen molar-refractivity contribution in [2.24, 2.45) is 0 Å². The number of hydrogen-bond acceptors (Lipinski definition) is 4. The van der Waals surface area contributed by atoms with E-state index >= 15 is 0 Å². The quantitative estimate of drug-likeness (QED) is 0.480. The lowest BCUT2D eigenvalue weighted by molar-refractivity contribution is -0.116. The minimum absolute atomic E-state index is 0.0256. The number of methoxy groups -OCH3 is 1. The van der Waals surface area contributed by atoms with Crippen molar-refractivity contribution in [1.82, 2.24) is 4.31 Å². The highest BCUT2D eigenvalue weighted by atomic mass is 35.5. The summed E-state index contributed by atoms with van der Waals surface area (Å²) in [6.07, 6.45) is 0. The van der Waals surface area contributed by atoms with Crippen LogP contribution in [0.15, 0.2) is 65.6 Å². The molecular weight excluding hydrogens is 460 g/mol. The van der Waals surface area contributed by atoms with Gasteiger partial charge in [-0.3, -0.25) is 4.79 Å². The van der Waals surface area contributed by atoms with Gasteiger partial charge < -0.3 is 10.1 Å². The lowest BCUT2D eigenvalue weighted by Crippen LogP contribution is -2.38. The first-order chi connectivity index (χ1) is 15.6. The van der Waals surface area contributed by atoms with Crippen molar-refractivity contribution in [2.75, 3.05) is 19.0 Å². The second-order valence-electron chi connectivity index (χ2n) is 7.91. The number of rotatable bonds is 8. The molecule has 8 heteroatoms. The van der Waals surface area contributed by atoms with Crippen molar-refractivity contribution in [3.05, 3.63) is 87.9 Å². The van der Waals surface area contributed by atoms with Crippen LogP contribution in [0, 0.1) is 20.8 Å². The molecule has 0 spiro atoms. The first-order valence-corrected chi connectivity index (χ1v) is 12.2. The van der Waals surface area contributed by atoms with E-state index in [4.69, 9.17) is 16.3 Å². The first-order valence-electron chi connectivity index (χ1n) is 10.4. The monoisotopic (exact) mass is 486 g/mol. The summed E-state index contributed by atoms with van der Waals surface area (Å²) in [6, 6.07) is 17.4. The normalized spacial score (nSPS) is 11.5. The van der Waals surface area contributed by atoms with E-state index in [0.717, 1.165) is 11.1 Å². The molecule has 3 aromatic carbocycles. The van der Waals surface area contributed by atoms with Crippen molar-refractivity contribution < 1.29 is 17.9 Å².